The number of hydrogen-bond donors (Lipinski definition) is 0. The molecule has 0 saturated heterocycles. The highest BCUT2D eigenvalue weighted by atomic mass is 16.1. The Hall–Kier alpha value is -0.330. The summed E-state index contributed by atoms with van der Waals surface area (Å²) in [5.41, 5.74) is 0.176. The fourth-order valence-electron chi connectivity index (χ4n) is 1.83. The van der Waals surface area contributed by atoms with E-state index in [0.717, 1.165) is 25.2 Å². The fraction of sp³-hybridized carbons (Fsp3) is 0.909. The van der Waals surface area contributed by atoms with Crippen LogP contribution in [0.5, 0.6) is 0 Å². The van der Waals surface area contributed by atoms with Crippen LogP contribution in [0.1, 0.15) is 47.0 Å². The highest BCUT2D eigenvalue weighted by molar-refractivity contribution is 5.82. The normalized spacial score (nSPS) is 29.7. The number of hydrogen-bond acceptors (Lipinski definition) is 1. The molecule has 0 bridgehead atoms. The van der Waals surface area contributed by atoms with Crippen molar-refractivity contribution in [3.8, 4) is 0 Å². The molecular weight excluding hydrogens is 148 g/mol. The molecule has 0 aromatic rings. The summed E-state index contributed by atoms with van der Waals surface area (Å²) in [6.07, 6.45) is 3.02. The molecule has 1 rings (SSSR count). The summed E-state index contributed by atoms with van der Waals surface area (Å²) >= 11 is 0. The Kier molecular flexibility index (Phi) is 2.60. The maximum atomic E-state index is 11.6. The van der Waals surface area contributed by atoms with Crippen molar-refractivity contribution in [1.29, 1.82) is 0 Å². The number of rotatable bonds is 2. The summed E-state index contributed by atoms with van der Waals surface area (Å²) in [6.45, 7) is 8.62. The van der Waals surface area contributed by atoms with Gasteiger partial charge in [-0.05, 0) is 24.2 Å². The molecule has 0 aromatic carbocycles. The van der Waals surface area contributed by atoms with Crippen molar-refractivity contribution >= 4 is 5.78 Å². The summed E-state index contributed by atoms with van der Waals surface area (Å²) in [4.78, 5) is 11.6. The molecule has 1 aliphatic rings. The van der Waals surface area contributed by atoms with Gasteiger partial charge < -0.3 is 0 Å². The van der Waals surface area contributed by atoms with Gasteiger partial charge in [-0.3, -0.25) is 4.79 Å². The SMILES string of the molecule is CC1CC(C(=O)CC(C)(C)C)C1. The zero-order valence-corrected chi connectivity index (χ0v) is 8.68. The molecule has 0 amide bonds. The van der Waals surface area contributed by atoms with Crippen LogP contribution in [0.25, 0.3) is 0 Å². The first kappa shape index (κ1) is 9.76. The van der Waals surface area contributed by atoms with Crippen molar-refractivity contribution < 1.29 is 4.79 Å². The predicted molar refractivity (Wildman–Crippen MR) is 51.0 cm³/mol. The Morgan fingerprint density at radius 2 is 1.83 bits per heavy atom. The van der Waals surface area contributed by atoms with Crippen LogP contribution < -0.4 is 0 Å². The van der Waals surface area contributed by atoms with Crippen molar-refractivity contribution in [2.45, 2.75) is 47.0 Å². The molecule has 0 atom stereocenters. The highest BCUT2D eigenvalue weighted by Crippen LogP contribution is 2.36. The summed E-state index contributed by atoms with van der Waals surface area (Å²) in [5.74, 6) is 1.68. The molecular formula is C11H20O. The molecule has 0 aliphatic heterocycles. The molecule has 1 fully saturated rings. The maximum Gasteiger partial charge on any atom is 0.136 e. The van der Waals surface area contributed by atoms with E-state index in [1.807, 2.05) is 0 Å². The topological polar surface area (TPSA) is 17.1 Å². The number of ketones is 1. The minimum Gasteiger partial charge on any atom is -0.299 e. The van der Waals surface area contributed by atoms with E-state index in [2.05, 4.69) is 27.7 Å². The lowest BCUT2D eigenvalue weighted by Crippen LogP contribution is -2.31. The second kappa shape index (κ2) is 3.20. The zero-order valence-electron chi connectivity index (χ0n) is 8.68. The van der Waals surface area contributed by atoms with E-state index in [1.54, 1.807) is 0 Å². The van der Waals surface area contributed by atoms with Crippen LogP contribution in [0.2, 0.25) is 0 Å². The lowest BCUT2D eigenvalue weighted by molar-refractivity contribution is -0.128. The summed E-state index contributed by atoms with van der Waals surface area (Å²) < 4.78 is 0. The summed E-state index contributed by atoms with van der Waals surface area (Å²) in [6, 6.07) is 0. The second-order valence-electron chi connectivity index (χ2n) is 5.48. The third-order valence-electron chi connectivity index (χ3n) is 2.53. The van der Waals surface area contributed by atoms with E-state index in [-0.39, 0.29) is 5.41 Å². The Bertz CT molecular complexity index is 170. The molecule has 1 aliphatic carbocycles. The Morgan fingerprint density at radius 1 is 1.33 bits per heavy atom. The van der Waals surface area contributed by atoms with E-state index in [4.69, 9.17) is 0 Å². The first-order chi connectivity index (χ1) is 5.38. The first-order valence-electron chi connectivity index (χ1n) is 4.91. The molecule has 0 N–H and O–H groups in total. The number of carbonyl (C=O) groups excluding carboxylic acids is 1. The quantitative estimate of drug-likeness (QED) is 0.619. The Balaban J connectivity index is 2.30. The van der Waals surface area contributed by atoms with Gasteiger partial charge in [-0.2, -0.15) is 0 Å². The highest BCUT2D eigenvalue weighted by Gasteiger charge is 2.32. The smallest absolute Gasteiger partial charge is 0.136 e. The van der Waals surface area contributed by atoms with E-state index < -0.39 is 0 Å². The van der Waals surface area contributed by atoms with E-state index in [0.29, 0.717) is 11.7 Å². The van der Waals surface area contributed by atoms with Crippen LogP contribution in [-0.2, 0) is 4.79 Å². The minimum atomic E-state index is 0.176. The largest absolute Gasteiger partial charge is 0.299 e. The van der Waals surface area contributed by atoms with Gasteiger partial charge in [-0.1, -0.05) is 27.7 Å². The third-order valence-corrected chi connectivity index (χ3v) is 2.53. The van der Waals surface area contributed by atoms with Gasteiger partial charge in [0.2, 0.25) is 0 Å². The van der Waals surface area contributed by atoms with Crippen LogP contribution in [-0.4, -0.2) is 5.78 Å². The molecule has 1 nitrogen and oxygen atoms in total. The molecule has 0 spiro atoms. The molecule has 0 radical (unpaired) electrons. The van der Waals surface area contributed by atoms with Crippen molar-refractivity contribution in [3.63, 3.8) is 0 Å². The molecule has 1 saturated carbocycles. The average Bonchev–Trinajstić information content (AvgIpc) is 1.76. The van der Waals surface area contributed by atoms with Gasteiger partial charge in [-0.15, -0.1) is 0 Å². The second-order valence-corrected chi connectivity index (χ2v) is 5.48. The van der Waals surface area contributed by atoms with Gasteiger partial charge in [-0.25, -0.2) is 0 Å². The van der Waals surface area contributed by atoms with Gasteiger partial charge in [0.1, 0.15) is 5.78 Å². The summed E-state index contributed by atoms with van der Waals surface area (Å²) in [7, 11) is 0. The van der Waals surface area contributed by atoms with Crippen molar-refractivity contribution in [1.82, 2.24) is 0 Å². The molecule has 1 heteroatoms. The lowest BCUT2D eigenvalue weighted by atomic mass is 9.71. The summed E-state index contributed by atoms with van der Waals surface area (Å²) in [5, 5.41) is 0. The van der Waals surface area contributed by atoms with Crippen molar-refractivity contribution in [2.75, 3.05) is 0 Å². The van der Waals surface area contributed by atoms with E-state index in [9.17, 15) is 4.79 Å². The first-order valence-corrected chi connectivity index (χ1v) is 4.91. The molecule has 0 heterocycles. The van der Waals surface area contributed by atoms with Crippen LogP contribution in [0.3, 0.4) is 0 Å². The minimum absolute atomic E-state index is 0.176. The average molecular weight is 168 g/mol. The van der Waals surface area contributed by atoms with Gasteiger partial charge in [0.05, 0.1) is 0 Å². The standard InChI is InChI=1S/C11H20O/c1-8-5-9(6-8)10(12)7-11(2,3)4/h8-9H,5-7H2,1-4H3. The van der Waals surface area contributed by atoms with Crippen LogP contribution in [0.15, 0.2) is 0 Å². The lowest BCUT2D eigenvalue weighted by Gasteiger charge is -2.33. The van der Waals surface area contributed by atoms with E-state index in [1.165, 1.54) is 0 Å². The van der Waals surface area contributed by atoms with Crippen LogP contribution in [0, 0.1) is 17.3 Å². The monoisotopic (exact) mass is 168 g/mol. The molecule has 12 heavy (non-hydrogen) atoms. The van der Waals surface area contributed by atoms with E-state index >= 15 is 0 Å². The zero-order chi connectivity index (χ0) is 9.35. The van der Waals surface area contributed by atoms with Crippen LogP contribution >= 0.6 is 0 Å². The fourth-order valence-corrected chi connectivity index (χ4v) is 1.83. The van der Waals surface area contributed by atoms with Crippen molar-refractivity contribution in [3.05, 3.63) is 0 Å². The maximum absolute atomic E-state index is 11.6. The van der Waals surface area contributed by atoms with Gasteiger partial charge in [0.25, 0.3) is 0 Å². The van der Waals surface area contributed by atoms with Crippen molar-refractivity contribution in [2.24, 2.45) is 17.3 Å². The third kappa shape index (κ3) is 2.62. The number of carbonyl (C=O) groups is 1. The molecule has 0 aromatic heterocycles. The Morgan fingerprint density at radius 3 is 2.17 bits per heavy atom. The molecule has 0 unspecified atom stereocenters. The predicted octanol–water partition coefficient (Wildman–Crippen LogP) is 3.04. The molecule has 70 valence electrons. The van der Waals surface area contributed by atoms with Gasteiger partial charge in [0.15, 0.2) is 0 Å². The van der Waals surface area contributed by atoms with Crippen LogP contribution in [0.4, 0.5) is 0 Å². The Labute approximate surface area is 75.5 Å². The van der Waals surface area contributed by atoms with Gasteiger partial charge >= 0.3 is 0 Å². The number of Topliss-reactive ketones (excluding diaryl/α,β-unsaturated/α-hetero) is 1. The van der Waals surface area contributed by atoms with Gasteiger partial charge in [0, 0.05) is 12.3 Å².